The second kappa shape index (κ2) is 9.48. The van der Waals surface area contributed by atoms with Gasteiger partial charge in [-0.15, -0.1) is 0 Å². The number of aryl methyl sites for hydroxylation is 2. The summed E-state index contributed by atoms with van der Waals surface area (Å²) >= 11 is 0. The number of amides is 1. The molecule has 0 spiro atoms. The normalized spacial score (nSPS) is 11.4. The molecular weight excluding hydrogens is 435 g/mol. The molecule has 0 radical (unpaired) electrons. The SMILES string of the molecule is Cc1ccc(OCCN(C)C(=O)C(=O)c2c(C)nn(-c3cccc(C(F)(F)F)c3)c2C)cc1. The number of carbonyl (C=O) groups is 2. The van der Waals surface area contributed by atoms with Crippen LogP contribution >= 0.6 is 0 Å². The van der Waals surface area contributed by atoms with E-state index in [0.29, 0.717) is 5.75 Å². The molecule has 2 aromatic carbocycles. The van der Waals surface area contributed by atoms with E-state index in [2.05, 4.69) is 5.10 Å². The Kier molecular flexibility index (Phi) is 6.90. The Morgan fingerprint density at radius 1 is 1.06 bits per heavy atom. The molecule has 0 aliphatic carbocycles. The van der Waals surface area contributed by atoms with Gasteiger partial charge in [0, 0.05) is 7.05 Å². The molecule has 1 heterocycles. The standard InChI is InChI=1S/C24H24F3N3O3/c1-15-8-10-20(11-9-15)33-13-12-29(4)23(32)22(31)21-16(2)28-30(17(21)3)19-7-5-6-18(14-19)24(25,26)27/h5-11,14H,12-13H2,1-4H3. The molecule has 0 aliphatic heterocycles. The molecule has 1 aromatic heterocycles. The third-order valence-corrected chi connectivity index (χ3v) is 5.19. The zero-order valence-corrected chi connectivity index (χ0v) is 18.7. The van der Waals surface area contributed by atoms with Crippen LogP contribution in [0.1, 0.15) is 32.9 Å². The molecule has 9 heteroatoms. The van der Waals surface area contributed by atoms with Crippen LogP contribution in [0.2, 0.25) is 0 Å². The number of aromatic nitrogens is 2. The van der Waals surface area contributed by atoms with E-state index in [1.54, 1.807) is 6.92 Å². The molecule has 33 heavy (non-hydrogen) atoms. The first-order valence-electron chi connectivity index (χ1n) is 10.2. The van der Waals surface area contributed by atoms with Crippen LogP contribution in [0, 0.1) is 20.8 Å². The molecule has 0 fully saturated rings. The molecular formula is C24H24F3N3O3. The van der Waals surface area contributed by atoms with Crippen molar-refractivity contribution in [1.82, 2.24) is 14.7 Å². The predicted molar refractivity (Wildman–Crippen MR) is 117 cm³/mol. The van der Waals surface area contributed by atoms with Gasteiger partial charge >= 0.3 is 6.18 Å². The molecule has 3 rings (SSSR count). The summed E-state index contributed by atoms with van der Waals surface area (Å²) < 4.78 is 46.1. The lowest BCUT2D eigenvalue weighted by atomic mass is 10.1. The number of hydrogen-bond donors (Lipinski definition) is 0. The Morgan fingerprint density at radius 3 is 2.36 bits per heavy atom. The average molecular weight is 459 g/mol. The summed E-state index contributed by atoms with van der Waals surface area (Å²) in [4.78, 5) is 26.9. The number of ether oxygens (including phenoxy) is 1. The Morgan fingerprint density at radius 2 is 1.73 bits per heavy atom. The molecule has 0 aliphatic rings. The fourth-order valence-corrected chi connectivity index (χ4v) is 3.35. The van der Waals surface area contributed by atoms with Crippen LogP contribution in [-0.4, -0.2) is 46.6 Å². The summed E-state index contributed by atoms with van der Waals surface area (Å²) in [7, 11) is 1.49. The highest BCUT2D eigenvalue weighted by atomic mass is 19.4. The number of carbonyl (C=O) groups excluding carboxylic acids is 2. The fraction of sp³-hybridized carbons (Fsp3) is 0.292. The lowest BCUT2D eigenvalue weighted by Gasteiger charge is -2.17. The summed E-state index contributed by atoms with van der Waals surface area (Å²) in [5, 5.41) is 4.21. The molecule has 6 nitrogen and oxygen atoms in total. The number of rotatable bonds is 7. The Bertz CT molecular complexity index is 1170. The van der Waals surface area contributed by atoms with Gasteiger partial charge in [0.25, 0.3) is 11.7 Å². The van der Waals surface area contributed by atoms with Gasteiger partial charge in [-0.3, -0.25) is 9.59 Å². The van der Waals surface area contributed by atoms with Crippen molar-refractivity contribution in [3.8, 4) is 11.4 Å². The Balaban J connectivity index is 1.74. The minimum absolute atomic E-state index is 0.0729. The van der Waals surface area contributed by atoms with Gasteiger partial charge in [-0.25, -0.2) is 4.68 Å². The second-order valence-electron chi connectivity index (χ2n) is 7.72. The maximum Gasteiger partial charge on any atom is 0.416 e. The number of benzene rings is 2. The van der Waals surface area contributed by atoms with Crippen LogP contribution in [-0.2, 0) is 11.0 Å². The van der Waals surface area contributed by atoms with Crippen molar-refractivity contribution in [3.63, 3.8) is 0 Å². The predicted octanol–water partition coefficient (Wildman–Crippen LogP) is 4.54. The van der Waals surface area contributed by atoms with Crippen LogP contribution in [0.3, 0.4) is 0 Å². The number of Topliss-reactive ketones (excluding diaryl/α,β-unsaturated/α-hetero) is 1. The second-order valence-corrected chi connectivity index (χ2v) is 7.72. The van der Waals surface area contributed by atoms with Gasteiger partial charge in [0.15, 0.2) is 0 Å². The number of hydrogen-bond acceptors (Lipinski definition) is 4. The highest BCUT2D eigenvalue weighted by molar-refractivity contribution is 6.43. The molecule has 0 N–H and O–H groups in total. The van der Waals surface area contributed by atoms with Crippen LogP contribution in [0.15, 0.2) is 48.5 Å². The van der Waals surface area contributed by atoms with E-state index >= 15 is 0 Å². The van der Waals surface area contributed by atoms with Gasteiger partial charge in [0.2, 0.25) is 0 Å². The molecule has 174 valence electrons. The van der Waals surface area contributed by atoms with E-state index in [1.165, 1.54) is 35.7 Å². The molecule has 3 aromatic rings. The summed E-state index contributed by atoms with van der Waals surface area (Å²) in [5.74, 6) is -0.875. The van der Waals surface area contributed by atoms with E-state index in [9.17, 15) is 22.8 Å². The minimum Gasteiger partial charge on any atom is -0.492 e. The summed E-state index contributed by atoms with van der Waals surface area (Å²) in [6.07, 6.45) is -4.51. The van der Waals surface area contributed by atoms with E-state index in [1.807, 2.05) is 31.2 Å². The highest BCUT2D eigenvalue weighted by Gasteiger charge is 2.31. The maximum atomic E-state index is 13.1. The number of nitrogens with zero attached hydrogens (tertiary/aromatic N) is 3. The van der Waals surface area contributed by atoms with Gasteiger partial charge in [0.05, 0.1) is 34.7 Å². The van der Waals surface area contributed by atoms with Gasteiger partial charge in [-0.05, 0) is 51.1 Å². The Hall–Kier alpha value is -3.62. The van der Waals surface area contributed by atoms with Crippen molar-refractivity contribution in [2.24, 2.45) is 0 Å². The van der Waals surface area contributed by atoms with E-state index in [-0.39, 0.29) is 35.8 Å². The van der Waals surface area contributed by atoms with Gasteiger partial charge < -0.3 is 9.64 Å². The number of ketones is 1. The average Bonchev–Trinajstić information content (AvgIpc) is 3.07. The topological polar surface area (TPSA) is 64.4 Å². The van der Waals surface area contributed by atoms with Crippen molar-refractivity contribution in [1.29, 1.82) is 0 Å². The fourth-order valence-electron chi connectivity index (χ4n) is 3.35. The van der Waals surface area contributed by atoms with Gasteiger partial charge in [0.1, 0.15) is 12.4 Å². The lowest BCUT2D eigenvalue weighted by molar-refractivity contribution is -0.137. The van der Waals surface area contributed by atoms with Crippen molar-refractivity contribution in [2.75, 3.05) is 20.2 Å². The number of halogens is 3. The molecule has 0 bridgehead atoms. The summed E-state index contributed by atoms with van der Waals surface area (Å²) in [6.45, 7) is 5.42. The highest BCUT2D eigenvalue weighted by Crippen LogP contribution is 2.31. The maximum absolute atomic E-state index is 13.1. The van der Waals surface area contributed by atoms with E-state index in [4.69, 9.17) is 4.74 Å². The van der Waals surface area contributed by atoms with E-state index < -0.39 is 23.4 Å². The van der Waals surface area contributed by atoms with Crippen LogP contribution in [0.5, 0.6) is 5.75 Å². The molecule has 0 atom stereocenters. The summed E-state index contributed by atoms with van der Waals surface area (Å²) in [6, 6.07) is 12.1. The third-order valence-electron chi connectivity index (χ3n) is 5.19. The quantitative estimate of drug-likeness (QED) is 0.385. The lowest BCUT2D eigenvalue weighted by Crippen LogP contribution is -2.36. The van der Waals surface area contributed by atoms with Gasteiger partial charge in [-0.2, -0.15) is 18.3 Å². The van der Waals surface area contributed by atoms with Crippen LogP contribution < -0.4 is 4.74 Å². The first kappa shape index (κ1) is 24.0. The molecule has 0 unspecified atom stereocenters. The van der Waals surface area contributed by atoms with Crippen molar-refractivity contribution >= 4 is 11.7 Å². The van der Waals surface area contributed by atoms with Crippen molar-refractivity contribution in [3.05, 3.63) is 76.6 Å². The van der Waals surface area contributed by atoms with Gasteiger partial charge in [-0.1, -0.05) is 23.8 Å². The molecule has 0 saturated carbocycles. The van der Waals surface area contributed by atoms with E-state index in [0.717, 1.165) is 17.7 Å². The smallest absolute Gasteiger partial charge is 0.416 e. The summed E-state index contributed by atoms with van der Waals surface area (Å²) in [5.41, 5.74) is 1.03. The van der Waals surface area contributed by atoms with Crippen LogP contribution in [0.4, 0.5) is 13.2 Å². The zero-order valence-electron chi connectivity index (χ0n) is 18.7. The first-order valence-corrected chi connectivity index (χ1v) is 10.2. The largest absolute Gasteiger partial charge is 0.492 e. The Labute approximate surface area is 189 Å². The molecule has 1 amide bonds. The first-order chi connectivity index (χ1) is 15.5. The van der Waals surface area contributed by atoms with Crippen molar-refractivity contribution in [2.45, 2.75) is 26.9 Å². The zero-order chi connectivity index (χ0) is 24.3. The number of likely N-dealkylation sites (N-methyl/N-ethyl adjacent to an activating group) is 1. The monoisotopic (exact) mass is 459 g/mol. The van der Waals surface area contributed by atoms with Crippen LogP contribution in [0.25, 0.3) is 5.69 Å². The number of alkyl halides is 3. The molecule has 0 saturated heterocycles. The minimum atomic E-state index is -4.51. The van der Waals surface area contributed by atoms with Crippen molar-refractivity contribution < 1.29 is 27.5 Å². The third kappa shape index (κ3) is 5.42.